The third kappa shape index (κ3) is 3.37. The van der Waals surface area contributed by atoms with Gasteiger partial charge in [-0.1, -0.05) is 18.2 Å². The lowest BCUT2D eigenvalue weighted by atomic mass is 10.2. The molecule has 0 atom stereocenters. The van der Waals surface area contributed by atoms with Gasteiger partial charge in [0.25, 0.3) is 5.69 Å². The second kappa shape index (κ2) is 5.17. The van der Waals surface area contributed by atoms with Gasteiger partial charge in [-0.15, -0.1) is 5.43 Å². The van der Waals surface area contributed by atoms with E-state index >= 15 is 0 Å². The summed E-state index contributed by atoms with van der Waals surface area (Å²) in [6.07, 6.45) is 0. The molecule has 0 saturated heterocycles. The van der Waals surface area contributed by atoms with Crippen molar-refractivity contribution in [1.29, 1.82) is 0 Å². The lowest BCUT2D eigenvalue weighted by Crippen LogP contribution is -2.32. The molecule has 2 aromatic carbocycles. The molecule has 1 N–H and O–H groups in total. The van der Waals surface area contributed by atoms with Crippen molar-refractivity contribution in [2.75, 3.05) is 19.5 Å². The third-order valence-corrected chi connectivity index (χ3v) is 2.71. The highest BCUT2D eigenvalue weighted by Gasteiger charge is 2.14. The van der Waals surface area contributed by atoms with E-state index in [0.717, 1.165) is 0 Å². The molecule has 19 heavy (non-hydrogen) atoms. The van der Waals surface area contributed by atoms with E-state index in [1.165, 1.54) is 0 Å². The van der Waals surface area contributed by atoms with Gasteiger partial charge in [-0.3, -0.25) is 0 Å². The average molecular weight is 258 g/mol. The van der Waals surface area contributed by atoms with Crippen LogP contribution in [0, 0.1) is 10.1 Å². The minimum absolute atomic E-state index is 0.500. The lowest BCUT2D eigenvalue weighted by molar-refractivity contribution is -0.427. The minimum atomic E-state index is -0.500. The molecule has 0 bridgehead atoms. The molecule has 0 spiro atoms. The van der Waals surface area contributed by atoms with Crippen LogP contribution >= 0.6 is 0 Å². The molecule has 2 aromatic rings. The molecule has 0 saturated carbocycles. The van der Waals surface area contributed by atoms with Crippen molar-refractivity contribution in [3.63, 3.8) is 0 Å². The number of para-hydroxylation sites is 1. The highest BCUT2D eigenvalue weighted by atomic mass is 16.5. The Morgan fingerprint density at radius 1 is 1.00 bits per heavy atom. The first-order valence-electron chi connectivity index (χ1n) is 5.91. The number of benzene rings is 2. The topological polar surface area (TPSA) is 55.2 Å². The largest absolute Gasteiger partial charge is 0.628 e. The molecule has 0 aliphatic heterocycles. The maximum absolute atomic E-state index is 11.8. The summed E-state index contributed by atoms with van der Waals surface area (Å²) in [7, 11) is 3.10. The Bertz CT molecular complexity index is 559. The van der Waals surface area contributed by atoms with Gasteiger partial charge in [0, 0.05) is 24.3 Å². The van der Waals surface area contributed by atoms with E-state index in [1.54, 1.807) is 62.6 Å². The average Bonchev–Trinajstić information content (AvgIpc) is 2.39. The predicted octanol–water partition coefficient (Wildman–Crippen LogP) is 3.19. The predicted molar refractivity (Wildman–Crippen MR) is 76.8 cm³/mol. The van der Waals surface area contributed by atoms with Crippen LogP contribution in [-0.2, 0) is 0 Å². The molecule has 0 unspecified atom stereocenters. The molecule has 5 heteroatoms. The zero-order valence-corrected chi connectivity index (χ0v) is 10.9. The molecule has 0 radical (unpaired) electrons. The number of rotatable bonds is 4. The summed E-state index contributed by atoms with van der Waals surface area (Å²) in [4.78, 5) is 12.5. The fraction of sp³-hybridized carbons (Fsp3) is 0.143. The van der Waals surface area contributed by atoms with Crippen molar-refractivity contribution in [3.8, 4) is 0 Å². The van der Waals surface area contributed by atoms with Crippen LogP contribution in [0.25, 0.3) is 0 Å². The van der Waals surface area contributed by atoms with Gasteiger partial charge in [0.05, 0.1) is 19.0 Å². The van der Waals surface area contributed by atoms with Crippen LogP contribution in [0.2, 0.25) is 0 Å². The van der Waals surface area contributed by atoms with Gasteiger partial charge in [-0.2, -0.15) is 0 Å². The van der Waals surface area contributed by atoms with Crippen molar-refractivity contribution in [2.45, 2.75) is 0 Å². The standard InChI is InChI=1S/C14H16N3O2/c1-17(2,19)14-10-8-12(9-11-14)15-16(18)13-6-4-3-5-7-13/h3-11H,1-2H3,(H,15,18)/q+1. The van der Waals surface area contributed by atoms with Crippen LogP contribution in [0.1, 0.15) is 0 Å². The number of hydrazine groups is 1. The second-order valence-electron chi connectivity index (χ2n) is 4.64. The molecular weight excluding hydrogens is 242 g/mol. The Balaban J connectivity index is 2.10. The van der Waals surface area contributed by atoms with E-state index in [0.29, 0.717) is 21.9 Å². The molecule has 0 heterocycles. The molecule has 0 fully saturated rings. The van der Waals surface area contributed by atoms with Gasteiger partial charge in [-0.05, 0) is 12.1 Å². The first kappa shape index (κ1) is 13.2. The van der Waals surface area contributed by atoms with Crippen molar-refractivity contribution in [2.24, 2.45) is 0 Å². The number of nitroso groups, excluding NO2 is 1. The highest BCUT2D eigenvalue weighted by Crippen LogP contribution is 2.21. The summed E-state index contributed by atoms with van der Waals surface area (Å²) in [5.41, 5.74) is 4.49. The van der Waals surface area contributed by atoms with Gasteiger partial charge in [-0.25, -0.2) is 0 Å². The van der Waals surface area contributed by atoms with E-state index in [9.17, 15) is 10.1 Å². The number of anilines is 1. The van der Waals surface area contributed by atoms with E-state index in [1.807, 2.05) is 6.07 Å². The molecule has 2 rings (SSSR count). The SMILES string of the molecule is C[N+](C)([O-])c1ccc(N[N+](=O)c2ccccc2)cc1. The molecule has 98 valence electrons. The number of hydrogen-bond acceptors (Lipinski definition) is 2. The van der Waals surface area contributed by atoms with Gasteiger partial charge in [0.2, 0.25) is 0 Å². The number of hydrogen-bond donors (Lipinski definition) is 1. The van der Waals surface area contributed by atoms with Crippen LogP contribution in [0.4, 0.5) is 17.1 Å². The molecule has 0 amide bonds. The summed E-state index contributed by atoms with van der Waals surface area (Å²) >= 11 is 0. The van der Waals surface area contributed by atoms with E-state index in [2.05, 4.69) is 5.43 Å². The third-order valence-electron chi connectivity index (χ3n) is 2.71. The van der Waals surface area contributed by atoms with Crippen LogP contribution in [0.15, 0.2) is 54.6 Å². The summed E-state index contributed by atoms with van der Waals surface area (Å²) in [5, 5.41) is 11.7. The summed E-state index contributed by atoms with van der Waals surface area (Å²) in [6.45, 7) is 0. The molecule has 0 aliphatic rings. The van der Waals surface area contributed by atoms with Crippen molar-refractivity contribution in [1.82, 2.24) is 4.65 Å². The van der Waals surface area contributed by atoms with Crippen LogP contribution < -0.4 is 10.1 Å². The number of nitrogens with zero attached hydrogens (tertiary/aromatic N) is 2. The monoisotopic (exact) mass is 258 g/mol. The van der Waals surface area contributed by atoms with Crippen molar-refractivity contribution in [3.05, 3.63) is 64.7 Å². The maximum atomic E-state index is 11.8. The zero-order valence-electron chi connectivity index (χ0n) is 10.9. The molecule has 0 aliphatic carbocycles. The van der Waals surface area contributed by atoms with Crippen LogP contribution in [0.5, 0.6) is 0 Å². The Labute approximate surface area is 111 Å². The lowest BCUT2D eigenvalue weighted by Gasteiger charge is -2.32. The van der Waals surface area contributed by atoms with Gasteiger partial charge in [0.15, 0.2) is 4.87 Å². The smallest absolute Gasteiger partial charge is 0.292 e. The fourth-order valence-electron chi connectivity index (χ4n) is 1.64. The van der Waals surface area contributed by atoms with E-state index in [4.69, 9.17) is 0 Å². The molecule has 0 aromatic heterocycles. The Hall–Kier alpha value is -2.24. The normalized spacial score (nSPS) is 11.1. The number of hydroxylamine groups is 2. The van der Waals surface area contributed by atoms with Gasteiger partial charge >= 0.3 is 0 Å². The first-order chi connectivity index (χ1) is 8.97. The first-order valence-corrected chi connectivity index (χ1v) is 5.91. The summed E-state index contributed by atoms with van der Waals surface area (Å²) < 4.78 is -0.500. The van der Waals surface area contributed by atoms with E-state index < -0.39 is 4.65 Å². The van der Waals surface area contributed by atoms with Crippen molar-refractivity contribution < 1.29 is 4.87 Å². The van der Waals surface area contributed by atoms with Crippen molar-refractivity contribution >= 4 is 17.1 Å². The highest BCUT2D eigenvalue weighted by molar-refractivity contribution is 5.52. The summed E-state index contributed by atoms with van der Waals surface area (Å²) in [6, 6.07) is 15.7. The van der Waals surface area contributed by atoms with Gasteiger partial charge < -0.3 is 9.85 Å². The fourth-order valence-corrected chi connectivity index (χ4v) is 1.64. The Morgan fingerprint density at radius 2 is 1.58 bits per heavy atom. The second-order valence-corrected chi connectivity index (χ2v) is 4.64. The van der Waals surface area contributed by atoms with Gasteiger partial charge in [0.1, 0.15) is 11.4 Å². The number of nitrogens with one attached hydrogen (secondary N) is 1. The maximum Gasteiger partial charge on any atom is 0.292 e. The van der Waals surface area contributed by atoms with E-state index in [-0.39, 0.29) is 0 Å². The van der Waals surface area contributed by atoms with Crippen LogP contribution in [0.3, 0.4) is 0 Å². The minimum Gasteiger partial charge on any atom is -0.628 e. The Kier molecular flexibility index (Phi) is 3.59. The quantitative estimate of drug-likeness (QED) is 0.520. The van der Waals surface area contributed by atoms with Crippen LogP contribution in [-0.4, -0.2) is 19.0 Å². The zero-order chi connectivity index (χ0) is 13.9. The Morgan fingerprint density at radius 3 is 2.11 bits per heavy atom. The molecule has 5 nitrogen and oxygen atoms in total. The number of quaternary nitrogens is 1. The molecular formula is C14H16N3O2+. The summed E-state index contributed by atoms with van der Waals surface area (Å²) in [5.74, 6) is 0.